The van der Waals surface area contributed by atoms with Gasteiger partial charge in [-0.15, -0.1) is 0 Å². The van der Waals surface area contributed by atoms with Gasteiger partial charge in [0.05, 0.1) is 16.6 Å². The van der Waals surface area contributed by atoms with Gasteiger partial charge in [0, 0.05) is 24.1 Å². The minimum absolute atomic E-state index is 0.128. The molecule has 0 aliphatic heterocycles. The molecule has 2 aromatic carbocycles. The van der Waals surface area contributed by atoms with Crippen molar-refractivity contribution in [3.05, 3.63) is 90.5 Å². The van der Waals surface area contributed by atoms with E-state index in [0.29, 0.717) is 29.0 Å². The number of carbonyl (C=O) groups excluding carboxylic acids is 1. The van der Waals surface area contributed by atoms with Gasteiger partial charge in [-0.25, -0.2) is 13.4 Å². The maximum Gasteiger partial charge on any atom is 0.228 e. The second-order valence-electron chi connectivity index (χ2n) is 8.29. The molecule has 4 rings (SSSR count). The van der Waals surface area contributed by atoms with Gasteiger partial charge < -0.3 is 14.6 Å². The highest BCUT2D eigenvalue weighted by molar-refractivity contribution is 7.92. The number of hydrogen-bond acceptors (Lipinski definition) is 6. The molecular weight excluding hydrogens is 464 g/mol. The van der Waals surface area contributed by atoms with Crippen LogP contribution >= 0.6 is 0 Å². The van der Waals surface area contributed by atoms with Crippen molar-refractivity contribution in [2.75, 3.05) is 5.32 Å². The summed E-state index contributed by atoms with van der Waals surface area (Å²) < 4.78 is 32.2. The number of anilines is 1. The maximum atomic E-state index is 12.5. The van der Waals surface area contributed by atoms with Gasteiger partial charge in [0.1, 0.15) is 17.4 Å². The number of carbonyl (C=O) groups is 1. The van der Waals surface area contributed by atoms with Gasteiger partial charge in [-0.3, -0.25) is 4.79 Å². The summed E-state index contributed by atoms with van der Waals surface area (Å²) in [6, 6.07) is 19.0. The van der Waals surface area contributed by atoms with Crippen molar-refractivity contribution in [2.45, 2.75) is 37.3 Å². The van der Waals surface area contributed by atoms with E-state index in [2.05, 4.69) is 15.3 Å². The molecule has 8 nitrogen and oxygen atoms in total. The Bertz CT molecular complexity index is 1410. The molecule has 0 bridgehead atoms. The molecule has 180 valence electrons. The zero-order valence-electron chi connectivity index (χ0n) is 19.7. The zero-order valence-corrected chi connectivity index (χ0v) is 20.5. The largest absolute Gasteiger partial charge is 0.439 e. The molecule has 0 spiro atoms. The lowest BCUT2D eigenvalue weighted by Crippen LogP contribution is -2.15. The molecule has 2 heterocycles. The minimum Gasteiger partial charge on any atom is -0.439 e. The number of benzene rings is 2. The third-order valence-electron chi connectivity index (χ3n) is 5.27. The number of sulfone groups is 1. The number of nitrogens with zero attached hydrogens (tertiary/aromatic N) is 3. The van der Waals surface area contributed by atoms with Crippen LogP contribution in [0, 0.1) is 6.92 Å². The monoisotopic (exact) mass is 490 g/mol. The van der Waals surface area contributed by atoms with Crippen molar-refractivity contribution in [1.82, 2.24) is 14.5 Å². The number of ether oxygens (including phenoxy) is 1. The number of rotatable bonds is 8. The van der Waals surface area contributed by atoms with E-state index >= 15 is 0 Å². The van der Waals surface area contributed by atoms with Crippen molar-refractivity contribution < 1.29 is 17.9 Å². The zero-order chi connectivity index (χ0) is 25.0. The van der Waals surface area contributed by atoms with Gasteiger partial charge in [-0.2, -0.15) is 4.98 Å². The van der Waals surface area contributed by atoms with Gasteiger partial charge in [0.2, 0.25) is 11.8 Å². The number of amides is 1. The first kappa shape index (κ1) is 24.2. The van der Waals surface area contributed by atoms with Crippen LogP contribution in [-0.2, 0) is 21.1 Å². The molecule has 4 aromatic rings. The van der Waals surface area contributed by atoms with Crippen molar-refractivity contribution >= 4 is 21.4 Å². The number of nitrogens with one attached hydrogen (secondary N) is 1. The highest BCUT2D eigenvalue weighted by atomic mass is 32.2. The topological polar surface area (TPSA) is 103 Å². The standard InChI is InChI=1S/C26H26N4O4S/c1-18(2)35(32,33)23-12-6-20(7-13-23)16-25(31)29-21-8-10-22(11-9-21)34-26-17-24(27-19(3)28-26)30-14-4-5-15-30/h4-15,17-18H,16H2,1-3H3,(H,29,31). The highest BCUT2D eigenvalue weighted by Gasteiger charge is 2.19. The average Bonchev–Trinajstić information content (AvgIpc) is 3.35. The maximum absolute atomic E-state index is 12.5. The van der Waals surface area contributed by atoms with E-state index in [9.17, 15) is 13.2 Å². The Morgan fingerprint density at radius 3 is 2.29 bits per heavy atom. The van der Waals surface area contributed by atoms with E-state index in [1.165, 1.54) is 0 Å². The summed E-state index contributed by atoms with van der Waals surface area (Å²) in [5, 5.41) is 2.34. The van der Waals surface area contributed by atoms with Gasteiger partial charge in [0.15, 0.2) is 9.84 Å². The van der Waals surface area contributed by atoms with Crippen LogP contribution in [0.15, 0.2) is 84.0 Å². The highest BCUT2D eigenvalue weighted by Crippen LogP contribution is 2.23. The molecule has 0 unspecified atom stereocenters. The Balaban J connectivity index is 1.37. The lowest BCUT2D eigenvalue weighted by molar-refractivity contribution is -0.115. The molecule has 0 aliphatic carbocycles. The predicted molar refractivity (Wildman–Crippen MR) is 134 cm³/mol. The number of hydrogen-bond donors (Lipinski definition) is 1. The van der Waals surface area contributed by atoms with E-state index in [1.54, 1.807) is 75.4 Å². The van der Waals surface area contributed by atoms with E-state index in [1.807, 2.05) is 29.1 Å². The van der Waals surface area contributed by atoms with Crippen LogP contribution in [0.25, 0.3) is 5.82 Å². The molecule has 1 N–H and O–H groups in total. The summed E-state index contributed by atoms with van der Waals surface area (Å²) >= 11 is 0. The summed E-state index contributed by atoms with van der Waals surface area (Å²) in [5.41, 5.74) is 1.34. The van der Waals surface area contributed by atoms with E-state index in [4.69, 9.17) is 4.74 Å². The predicted octanol–water partition coefficient (Wildman–Crippen LogP) is 4.73. The summed E-state index contributed by atoms with van der Waals surface area (Å²) in [6.07, 6.45) is 3.92. The van der Waals surface area contributed by atoms with Crippen molar-refractivity contribution in [3.8, 4) is 17.4 Å². The van der Waals surface area contributed by atoms with Gasteiger partial charge >= 0.3 is 0 Å². The van der Waals surface area contributed by atoms with Crippen molar-refractivity contribution in [1.29, 1.82) is 0 Å². The van der Waals surface area contributed by atoms with Crippen molar-refractivity contribution in [3.63, 3.8) is 0 Å². The normalized spacial score (nSPS) is 11.4. The Morgan fingerprint density at radius 1 is 1.00 bits per heavy atom. The third-order valence-corrected chi connectivity index (χ3v) is 7.44. The molecule has 0 atom stereocenters. The van der Waals surface area contributed by atoms with E-state index < -0.39 is 15.1 Å². The number of aryl methyl sites for hydroxylation is 1. The van der Waals surface area contributed by atoms with Crippen LogP contribution in [-0.4, -0.2) is 34.1 Å². The Hall–Kier alpha value is -3.98. The fourth-order valence-corrected chi connectivity index (χ4v) is 4.44. The molecule has 35 heavy (non-hydrogen) atoms. The van der Waals surface area contributed by atoms with Crippen LogP contribution in [0.3, 0.4) is 0 Å². The molecule has 0 aliphatic rings. The lowest BCUT2D eigenvalue weighted by Gasteiger charge is -2.10. The Kier molecular flexibility index (Phi) is 6.97. The molecule has 0 saturated heterocycles. The first-order chi connectivity index (χ1) is 16.7. The van der Waals surface area contributed by atoms with Crippen LogP contribution < -0.4 is 10.1 Å². The molecular formula is C26H26N4O4S. The molecule has 2 aromatic heterocycles. The second kappa shape index (κ2) is 10.1. The molecule has 0 fully saturated rings. The smallest absolute Gasteiger partial charge is 0.228 e. The van der Waals surface area contributed by atoms with Crippen LogP contribution in [0.2, 0.25) is 0 Å². The Morgan fingerprint density at radius 2 is 1.66 bits per heavy atom. The number of aromatic nitrogens is 3. The van der Waals surface area contributed by atoms with Crippen molar-refractivity contribution in [2.24, 2.45) is 0 Å². The lowest BCUT2D eigenvalue weighted by atomic mass is 10.1. The van der Waals surface area contributed by atoms with E-state index in [-0.39, 0.29) is 17.2 Å². The quantitative estimate of drug-likeness (QED) is 0.383. The van der Waals surface area contributed by atoms with Gasteiger partial charge in [0.25, 0.3) is 0 Å². The first-order valence-corrected chi connectivity index (χ1v) is 12.6. The fraction of sp³-hybridized carbons (Fsp3) is 0.192. The SMILES string of the molecule is Cc1nc(Oc2ccc(NC(=O)Cc3ccc(S(=O)(=O)C(C)C)cc3)cc2)cc(-n2cccc2)n1. The van der Waals surface area contributed by atoms with Crippen LogP contribution in [0.1, 0.15) is 25.2 Å². The molecule has 0 saturated carbocycles. The fourth-order valence-electron chi connectivity index (χ4n) is 3.38. The van der Waals surface area contributed by atoms with Crippen LogP contribution in [0.5, 0.6) is 11.6 Å². The molecule has 1 amide bonds. The average molecular weight is 491 g/mol. The summed E-state index contributed by atoms with van der Waals surface area (Å²) in [5.74, 6) is 2.07. The second-order valence-corrected chi connectivity index (χ2v) is 10.8. The summed E-state index contributed by atoms with van der Waals surface area (Å²) in [6.45, 7) is 5.08. The molecule has 9 heteroatoms. The Labute approximate surface area is 204 Å². The summed E-state index contributed by atoms with van der Waals surface area (Å²) in [7, 11) is -3.34. The van der Waals surface area contributed by atoms with Crippen LogP contribution in [0.4, 0.5) is 5.69 Å². The van der Waals surface area contributed by atoms with Gasteiger partial charge in [-0.05, 0) is 74.9 Å². The minimum atomic E-state index is -3.34. The first-order valence-electron chi connectivity index (χ1n) is 11.1. The third kappa shape index (κ3) is 5.93. The van der Waals surface area contributed by atoms with Gasteiger partial charge in [-0.1, -0.05) is 12.1 Å². The molecule has 0 radical (unpaired) electrons. The summed E-state index contributed by atoms with van der Waals surface area (Å²) in [4.78, 5) is 21.5. The van der Waals surface area contributed by atoms with E-state index in [0.717, 1.165) is 5.56 Å².